The van der Waals surface area contributed by atoms with Gasteiger partial charge in [-0.25, -0.2) is 0 Å². The average molecular weight is 310 g/mol. The van der Waals surface area contributed by atoms with Gasteiger partial charge >= 0.3 is 0 Å². The second-order valence-corrected chi connectivity index (χ2v) is 5.35. The van der Waals surface area contributed by atoms with Crippen molar-refractivity contribution < 1.29 is 9.53 Å². The van der Waals surface area contributed by atoms with Gasteiger partial charge in [0.15, 0.2) is 0 Å². The number of hydrogen-bond donors (Lipinski definition) is 2. The summed E-state index contributed by atoms with van der Waals surface area (Å²) in [7, 11) is 1.65. The van der Waals surface area contributed by atoms with Crippen LogP contribution >= 0.6 is 0 Å². The van der Waals surface area contributed by atoms with Crippen molar-refractivity contribution in [3.63, 3.8) is 0 Å². The molecule has 118 valence electrons. The quantitative estimate of drug-likeness (QED) is 0.757. The minimum atomic E-state index is -0.124. The van der Waals surface area contributed by atoms with Gasteiger partial charge in [0.05, 0.1) is 7.11 Å². The van der Waals surface area contributed by atoms with Crippen LogP contribution in [0.3, 0.4) is 0 Å². The first-order valence-electron chi connectivity index (χ1n) is 7.39. The average Bonchev–Trinajstić information content (AvgIpc) is 3.02. The lowest BCUT2D eigenvalue weighted by Crippen LogP contribution is -2.25. The third-order valence-electron chi connectivity index (χ3n) is 3.69. The zero-order valence-electron chi connectivity index (χ0n) is 13.1. The summed E-state index contributed by atoms with van der Waals surface area (Å²) in [5.41, 5.74) is 4.25. The third-order valence-corrected chi connectivity index (χ3v) is 3.69. The van der Waals surface area contributed by atoms with Crippen molar-refractivity contribution >= 4 is 16.9 Å². The van der Waals surface area contributed by atoms with Gasteiger partial charge in [-0.3, -0.25) is 4.79 Å². The van der Waals surface area contributed by atoms with E-state index < -0.39 is 0 Å². The molecule has 6 heteroatoms. The monoisotopic (exact) mass is 310 g/mol. The van der Waals surface area contributed by atoms with E-state index in [0.717, 1.165) is 16.8 Å². The second-order valence-electron chi connectivity index (χ2n) is 5.35. The molecule has 0 bridgehead atoms. The van der Waals surface area contributed by atoms with Crippen LogP contribution in [0.1, 0.15) is 21.5 Å². The first kappa shape index (κ1) is 15.0. The Morgan fingerprint density at radius 2 is 2.00 bits per heavy atom. The molecule has 0 fully saturated rings. The summed E-state index contributed by atoms with van der Waals surface area (Å²) >= 11 is 0. The van der Waals surface area contributed by atoms with Crippen molar-refractivity contribution in [2.75, 3.05) is 13.7 Å². The largest absolute Gasteiger partial charge is 0.496 e. The van der Waals surface area contributed by atoms with Gasteiger partial charge in [0.2, 0.25) is 0 Å². The van der Waals surface area contributed by atoms with Gasteiger partial charge in [-0.1, -0.05) is 17.7 Å². The highest BCUT2D eigenvalue weighted by Crippen LogP contribution is 2.19. The molecule has 6 nitrogen and oxygen atoms in total. The molecule has 0 spiro atoms. The fourth-order valence-electron chi connectivity index (χ4n) is 2.50. The predicted molar refractivity (Wildman–Crippen MR) is 87.7 cm³/mol. The third kappa shape index (κ3) is 3.31. The van der Waals surface area contributed by atoms with E-state index in [2.05, 4.69) is 26.8 Å². The van der Waals surface area contributed by atoms with E-state index in [1.54, 1.807) is 25.3 Å². The van der Waals surface area contributed by atoms with Crippen LogP contribution in [0.25, 0.3) is 11.0 Å². The fourth-order valence-corrected chi connectivity index (χ4v) is 2.50. The minimum absolute atomic E-state index is 0.124. The van der Waals surface area contributed by atoms with Crippen molar-refractivity contribution in [3.8, 4) is 5.75 Å². The van der Waals surface area contributed by atoms with E-state index in [1.807, 2.05) is 19.1 Å². The summed E-state index contributed by atoms with van der Waals surface area (Å²) in [4.78, 5) is 12.2. The number of nitrogens with zero attached hydrogens (tertiary/aromatic N) is 2. The summed E-state index contributed by atoms with van der Waals surface area (Å²) in [6.45, 7) is 2.57. The molecule has 23 heavy (non-hydrogen) atoms. The molecule has 0 aliphatic carbocycles. The summed E-state index contributed by atoms with van der Waals surface area (Å²) in [6, 6.07) is 11.3. The summed E-state index contributed by atoms with van der Waals surface area (Å²) in [5, 5.41) is 13.4. The van der Waals surface area contributed by atoms with Gasteiger partial charge in [0.1, 0.15) is 16.8 Å². The predicted octanol–water partition coefficient (Wildman–Crippen LogP) is 2.25. The van der Waals surface area contributed by atoms with Crippen LogP contribution in [0.5, 0.6) is 5.75 Å². The first-order valence-corrected chi connectivity index (χ1v) is 7.39. The maximum atomic E-state index is 12.2. The lowest BCUT2D eigenvalue weighted by molar-refractivity contribution is 0.0954. The van der Waals surface area contributed by atoms with E-state index in [1.165, 1.54) is 5.56 Å². The molecular weight excluding hydrogens is 292 g/mol. The molecule has 1 heterocycles. The van der Waals surface area contributed by atoms with Gasteiger partial charge in [-0.15, -0.1) is 0 Å². The molecule has 0 saturated carbocycles. The maximum Gasteiger partial charge on any atom is 0.251 e. The standard InChI is InChI=1S/C17H18N4O2/c1-11-3-6-16(23-2)12(9-11)7-8-18-17(22)13-4-5-14-15(10-13)20-21-19-14/h3-6,9-10H,7-8H2,1-2H3,(H,18,22)(H,19,20,21). The van der Waals surface area contributed by atoms with E-state index in [4.69, 9.17) is 4.74 Å². The van der Waals surface area contributed by atoms with Crippen LogP contribution in [0, 0.1) is 6.92 Å². The number of amides is 1. The smallest absolute Gasteiger partial charge is 0.251 e. The number of carbonyl (C=O) groups excluding carboxylic acids is 1. The highest BCUT2D eigenvalue weighted by atomic mass is 16.5. The topological polar surface area (TPSA) is 79.9 Å². The van der Waals surface area contributed by atoms with Crippen LogP contribution in [0.4, 0.5) is 0 Å². The number of rotatable bonds is 5. The molecule has 0 radical (unpaired) electrons. The Labute approximate surface area is 133 Å². The van der Waals surface area contributed by atoms with Gasteiger partial charge in [0, 0.05) is 12.1 Å². The van der Waals surface area contributed by atoms with Gasteiger partial charge in [0.25, 0.3) is 5.91 Å². The van der Waals surface area contributed by atoms with Crippen LogP contribution in [-0.4, -0.2) is 35.0 Å². The number of H-pyrrole nitrogens is 1. The van der Waals surface area contributed by atoms with Gasteiger partial charge < -0.3 is 10.1 Å². The molecule has 0 atom stereocenters. The number of aromatic nitrogens is 3. The molecule has 1 amide bonds. The number of hydrogen-bond acceptors (Lipinski definition) is 4. The highest BCUT2D eigenvalue weighted by molar-refractivity contribution is 5.97. The van der Waals surface area contributed by atoms with Crippen LogP contribution in [0.2, 0.25) is 0 Å². The molecular formula is C17H18N4O2. The van der Waals surface area contributed by atoms with Crippen LogP contribution < -0.4 is 10.1 Å². The van der Waals surface area contributed by atoms with E-state index >= 15 is 0 Å². The molecule has 2 aromatic carbocycles. The zero-order chi connectivity index (χ0) is 16.2. The molecule has 3 aromatic rings. The Balaban J connectivity index is 1.64. The normalized spacial score (nSPS) is 10.7. The minimum Gasteiger partial charge on any atom is -0.496 e. The number of carbonyl (C=O) groups is 1. The number of nitrogens with one attached hydrogen (secondary N) is 2. The number of aryl methyl sites for hydroxylation is 1. The Hall–Kier alpha value is -2.89. The Morgan fingerprint density at radius 1 is 1.17 bits per heavy atom. The lowest BCUT2D eigenvalue weighted by atomic mass is 10.1. The fraction of sp³-hybridized carbons (Fsp3) is 0.235. The Morgan fingerprint density at radius 3 is 2.83 bits per heavy atom. The first-order chi connectivity index (χ1) is 11.2. The zero-order valence-corrected chi connectivity index (χ0v) is 13.1. The van der Waals surface area contributed by atoms with Crippen molar-refractivity contribution in [1.82, 2.24) is 20.7 Å². The number of fused-ring (bicyclic) bond motifs is 1. The SMILES string of the molecule is COc1ccc(C)cc1CCNC(=O)c1ccc2n[nH]nc2c1. The number of methoxy groups -OCH3 is 1. The molecule has 2 N–H and O–H groups in total. The number of ether oxygens (including phenoxy) is 1. The van der Waals surface area contributed by atoms with E-state index in [-0.39, 0.29) is 5.91 Å². The van der Waals surface area contributed by atoms with Crippen LogP contribution in [0.15, 0.2) is 36.4 Å². The summed E-state index contributed by atoms with van der Waals surface area (Å²) in [5.74, 6) is 0.718. The molecule has 0 saturated heterocycles. The number of aromatic amines is 1. The van der Waals surface area contributed by atoms with E-state index in [9.17, 15) is 4.79 Å². The molecule has 0 unspecified atom stereocenters. The molecule has 3 rings (SSSR count). The summed E-state index contributed by atoms with van der Waals surface area (Å²) in [6.07, 6.45) is 0.711. The van der Waals surface area contributed by atoms with Crippen molar-refractivity contribution in [3.05, 3.63) is 53.1 Å². The number of benzene rings is 2. The lowest BCUT2D eigenvalue weighted by Gasteiger charge is -2.10. The van der Waals surface area contributed by atoms with Gasteiger partial charge in [-0.2, -0.15) is 15.4 Å². The summed E-state index contributed by atoms with van der Waals surface area (Å²) < 4.78 is 5.35. The maximum absolute atomic E-state index is 12.2. The molecule has 0 aliphatic rings. The molecule has 0 aliphatic heterocycles. The molecule has 1 aromatic heterocycles. The van der Waals surface area contributed by atoms with Gasteiger partial charge in [-0.05, 0) is 43.2 Å². The van der Waals surface area contributed by atoms with Crippen LogP contribution in [-0.2, 0) is 6.42 Å². The highest BCUT2D eigenvalue weighted by Gasteiger charge is 2.09. The van der Waals surface area contributed by atoms with Crippen molar-refractivity contribution in [1.29, 1.82) is 0 Å². The van der Waals surface area contributed by atoms with E-state index in [0.29, 0.717) is 24.0 Å². The second kappa shape index (κ2) is 6.48. The van der Waals surface area contributed by atoms with Crippen molar-refractivity contribution in [2.45, 2.75) is 13.3 Å². The Kier molecular flexibility index (Phi) is 4.23. The van der Waals surface area contributed by atoms with Crippen molar-refractivity contribution in [2.24, 2.45) is 0 Å². The Bertz CT molecular complexity index is 841.